The minimum atomic E-state index is -0.161. The fourth-order valence-electron chi connectivity index (χ4n) is 3.57. The average Bonchev–Trinajstić information content (AvgIpc) is 2.45. The molecule has 1 fully saturated rings. The van der Waals surface area contributed by atoms with Gasteiger partial charge in [-0.1, -0.05) is 37.5 Å². The third-order valence-electron chi connectivity index (χ3n) is 4.89. The van der Waals surface area contributed by atoms with Crippen LogP contribution in [-0.2, 0) is 4.79 Å². The summed E-state index contributed by atoms with van der Waals surface area (Å²) < 4.78 is 0. The first-order chi connectivity index (χ1) is 10.4. The van der Waals surface area contributed by atoms with Crippen molar-refractivity contribution in [3.8, 4) is 0 Å². The molecule has 1 aliphatic carbocycles. The highest BCUT2D eigenvalue weighted by atomic mass is 16.2. The van der Waals surface area contributed by atoms with Crippen molar-refractivity contribution in [1.82, 2.24) is 5.32 Å². The van der Waals surface area contributed by atoms with Crippen LogP contribution in [0.1, 0.15) is 56.2 Å². The molecule has 2 N–H and O–H groups in total. The average molecular weight is 302 g/mol. The summed E-state index contributed by atoms with van der Waals surface area (Å²) in [7, 11) is 0. The zero-order valence-corrected chi connectivity index (χ0v) is 14.6. The van der Waals surface area contributed by atoms with E-state index in [0.29, 0.717) is 12.0 Å². The quantitative estimate of drug-likeness (QED) is 0.879. The molecule has 0 heterocycles. The molecule has 1 aromatic carbocycles. The molecule has 1 aromatic rings. The molecule has 3 heteroatoms. The van der Waals surface area contributed by atoms with Crippen molar-refractivity contribution in [2.45, 2.75) is 72.4 Å². The Morgan fingerprint density at radius 3 is 2.32 bits per heavy atom. The van der Waals surface area contributed by atoms with Gasteiger partial charge >= 0.3 is 0 Å². The largest absolute Gasteiger partial charge is 0.324 e. The van der Waals surface area contributed by atoms with Crippen LogP contribution in [0.15, 0.2) is 12.1 Å². The van der Waals surface area contributed by atoms with Gasteiger partial charge in [0.05, 0.1) is 6.04 Å². The number of aryl methyl sites for hydroxylation is 3. The van der Waals surface area contributed by atoms with Crippen molar-refractivity contribution < 1.29 is 4.79 Å². The van der Waals surface area contributed by atoms with Crippen molar-refractivity contribution in [2.75, 3.05) is 5.32 Å². The van der Waals surface area contributed by atoms with Crippen molar-refractivity contribution in [1.29, 1.82) is 0 Å². The van der Waals surface area contributed by atoms with Gasteiger partial charge in [-0.3, -0.25) is 4.79 Å². The Hall–Kier alpha value is -1.35. The molecule has 22 heavy (non-hydrogen) atoms. The van der Waals surface area contributed by atoms with Crippen molar-refractivity contribution in [3.63, 3.8) is 0 Å². The Morgan fingerprint density at radius 2 is 1.73 bits per heavy atom. The number of nitrogens with one attached hydrogen (secondary N) is 2. The predicted octanol–water partition coefficient (Wildman–Crippen LogP) is 4.11. The number of carbonyl (C=O) groups is 1. The smallest absolute Gasteiger partial charge is 0.241 e. The van der Waals surface area contributed by atoms with E-state index in [0.717, 1.165) is 16.8 Å². The van der Waals surface area contributed by atoms with E-state index in [9.17, 15) is 4.79 Å². The summed E-state index contributed by atoms with van der Waals surface area (Å²) in [5.74, 6) is 0.722. The summed E-state index contributed by atoms with van der Waals surface area (Å²) in [5, 5.41) is 6.64. The van der Waals surface area contributed by atoms with Crippen molar-refractivity contribution in [2.24, 2.45) is 5.92 Å². The summed E-state index contributed by atoms with van der Waals surface area (Å²) in [6, 6.07) is 4.54. The summed E-state index contributed by atoms with van der Waals surface area (Å²) in [5.41, 5.74) is 4.45. The van der Waals surface area contributed by atoms with Gasteiger partial charge in [0.25, 0.3) is 0 Å². The Labute approximate surface area is 134 Å². The fraction of sp³-hybridized carbons (Fsp3) is 0.632. The van der Waals surface area contributed by atoms with Crippen LogP contribution >= 0.6 is 0 Å². The molecular weight excluding hydrogens is 272 g/mol. The topological polar surface area (TPSA) is 41.1 Å². The number of hydrogen-bond donors (Lipinski definition) is 2. The second-order valence-electron chi connectivity index (χ2n) is 7.02. The fourth-order valence-corrected chi connectivity index (χ4v) is 3.57. The summed E-state index contributed by atoms with van der Waals surface area (Å²) in [6.45, 7) is 10.4. The Morgan fingerprint density at radius 1 is 1.14 bits per heavy atom. The van der Waals surface area contributed by atoms with Crippen LogP contribution < -0.4 is 10.6 Å². The molecule has 0 unspecified atom stereocenters. The van der Waals surface area contributed by atoms with Gasteiger partial charge in [0.2, 0.25) is 5.91 Å². The van der Waals surface area contributed by atoms with E-state index in [1.807, 2.05) is 6.92 Å². The maximum Gasteiger partial charge on any atom is 0.241 e. The second-order valence-corrected chi connectivity index (χ2v) is 7.02. The lowest BCUT2D eigenvalue weighted by atomic mass is 9.85. The van der Waals surface area contributed by atoms with Gasteiger partial charge in [-0.05, 0) is 57.6 Å². The van der Waals surface area contributed by atoms with E-state index in [1.54, 1.807) is 0 Å². The number of benzene rings is 1. The van der Waals surface area contributed by atoms with Crippen LogP contribution in [0.5, 0.6) is 0 Å². The van der Waals surface area contributed by atoms with E-state index >= 15 is 0 Å². The molecule has 1 aliphatic rings. The van der Waals surface area contributed by atoms with Crippen LogP contribution in [0.2, 0.25) is 0 Å². The van der Waals surface area contributed by atoms with E-state index < -0.39 is 0 Å². The monoisotopic (exact) mass is 302 g/mol. The van der Waals surface area contributed by atoms with E-state index in [4.69, 9.17) is 0 Å². The van der Waals surface area contributed by atoms with Gasteiger partial charge in [-0.2, -0.15) is 0 Å². The van der Waals surface area contributed by atoms with Gasteiger partial charge in [0, 0.05) is 11.7 Å². The molecule has 1 amide bonds. The first-order valence-corrected chi connectivity index (χ1v) is 8.53. The van der Waals surface area contributed by atoms with Crippen molar-refractivity contribution in [3.05, 3.63) is 28.8 Å². The first kappa shape index (κ1) is 17.0. The number of carbonyl (C=O) groups excluding carboxylic acids is 1. The van der Waals surface area contributed by atoms with Gasteiger partial charge < -0.3 is 10.6 Å². The summed E-state index contributed by atoms with van der Waals surface area (Å²) >= 11 is 0. The van der Waals surface area contributed by atoms with Gasteiger partial charge in [0.15, 0.2) is 0 Å². The molecule has 0 saturated heterocycles. The predicted molar refractivity (Wildman–Crippen MR) is 93.3 cm³/mol. The Kier molecular flexibility index (Phi) is 5.63. The van der Waals surface area contributed by atoms with E-state index in [-0.39, 0.29) is 11.9 Å². The normalized spacial score (nSPS) is 23.1. The molecule has 0 aliphatic heterocycles. The van der Waals surface area contributed by atoms with E-state index in [1.165, 1.54) is 31.2 Å². The Bertz CT molecular complexity index is 515. The van der Waals surface area contributed by atoms with E-state index in [2.05, 4.69) is 50.5 Å². The van der Waals surface area contributed by atoms with Crippen LogP contribution in [-0.4, -0.2) is 18.0 Å². The zero-order chi connectivity index (χ0) is 16.3. The number of anilines is 1. The summed E-state index contributed by atoms with van der Waals surface area (Å²) in [4.78, 5) is 12.5. The molecule has 122 valence electrons. The zero-order valence-electron chi connectivity index (χ0n) is 14.6. The lowest BCUT2D eigenvalue weighted by Crippen LogP contribution is -2.47. The molecule has 0 bridgehead atoms. The van der Waals surface area contributed by atoms with Crippen LogP contribution in [0.4, 0.5) is 5.69 Å². The lowest BCUT2D eigenvalue weighted by molar-refractivity contribution is -0.118. The maximum atomic E-state index is 12.5. The molecule has 3 atom stereocenters. The minimum absolute atomic E-state index is 0.0628. The van der Waals surface area contributed by atoms with Crippen molar-refractivity contribution >= 4 is 11.6 Å². The third-order valence-corrected chi connectivity index (χ3v) is 4.89. The number of hydrogen-bond acceptors (Lipinski definition) is 2. The Balaban J connectivity index is 1.99. The number of rotatable bonds is 4. The molecule has 0 radical (unpaired) electrons. The molecule has 2 rings (SSSR count). The van der Waals surface area contributed by atoms with Gasteiger partial charge in [-0.25, -0.2) is 0 Å². The van der Waals surface area contributed by atoms with Gasteiger partial charge in [0.1, 0.15) is 0 Å². The molecule has 3 nitrogen and oxygen atoms in total. The third kappa shape index (κ3) is 4.10. The maximum absolute atomic E-state index is 12.5. The second kappa shape index (κ2) is 7.28. The highest BCUT2D eigenvalue weighted by molar-refractivity contribution is 5.96. The summed E-state index contributed by atoms with van der Waals surface area (Å²) in [6.07, 6.45) is 5.04. The molecule has 1 saturated carbocycles. The van der Waals surface area contributed by atoms with Crippen LogP contribution in [0.3, 0.4) is 0 Å². The SMILES string of the molecule is Cc1cc(C)c(NC(=O)[C@@H](C)N[C@H]2CCCC[C@@H]2C)c(C)c1. The highest BCUT2D eigenvalue weighted by Crippen LogP contribution is 2.25. The standard InChI is InChI=1S/C19H30N2O/c1-12-10-14(3)18(15(4)11-12)21-19(22)16(5)20-17-9-7-6-8-13(17)2/h10-11,13,16-17,20H,6-9H2,1-5H3,(H,21,22)/t13-,16+,17-/m0/s1. The highest BCUT2D eigenvalue weighted by Gasteiger charge is 2.25. The number of amides is 1. The first-order valence-electron chi connectivity index (χ1n) is 8.53. The lowest BCUT2D eigenvalue weighted by Gasteiger charge is -2.32. The molecular formula is C19H30N2O. The minimum Gasteiger partial charge on any atom is -0.324 e. The van der Waals surface area contributed by atoms with Crippen LogP contribution in [0, 0.1) is 26.7 Å². The molecule has 0 spiro atoms. The molecule has 0 aromatic heterocycles. The van der Waals surface area contributed by atoms with Crippen LogP contribution in [0.25, 0.3) is 0 Å². The van der Waals surface area contributed by atoms with Gasteiger partial charge in [-0.15, -0.1) is 0 Å².